The van der Waals surface area contributed by atoms with E-state index in [2.05, 4.69) is 40.7 Å². The average Bonchev–Trinajstić information content (AvgIpc) is 3.18. The lowest BCUT2D eigenvalue weighted by Gasteiger charge is -2.58. The standard InChI is InChI=1S/C33H54O2.2H2/c1-24(2)11-10-12-25(3)29-15-16-30-28-14-13-26-23-27(35-22-9-7-6-8-21-34)17-19-32(26,4)31(28)18-20-33(29,30)5;;/h6,8,13,21,24-25,27-31H,7,9-12,14-20,22-23H2,1-5H3;2*1H/b8-6+;;/t25-,27+,28?,29-,30?,31?,32+,33-;;/m1../s1. The number of unbranched alkanes of at least 4 members (excludes halogenated alkanes) is 1. The van der Waals surface area contributed by atoms with Gasteiger partial charge in [-0.25, -0.2) is 0 Å². The molecule has 0 radical (unpaired) electrons. The van der Waals surface area contributed by atoms with Crippen LogP contribution in [0, 0.1) is 46.3 Å². The Morgan fingerprint density at radius 3 is 2.66 bits per heavy atom. The third kappa shape index (κ3) is 5.68. The van der Waals surface area contributed by atoms with Gasteiger partial charge < -0.3 is 4.74 Å². The van der Waals surface area contributed by atoms with E-state index in [0.717, 1.165) is 67.7 Å². The molecular weight excluding hydrogens is 428 g/mol. The van der Waals surface area contributed by atoms with Gasteiger partial charge in [0, 0.05) is 9.46 Å². The zero-order valence-corrected chi connectivity index (χ0v) is 23.6. The van der Waals surface area contributed by atoms with Crippen LogP contribution in [0.2, 0.25) is 0 Å². The fourth-order valence-electron chi connectivity index (χ4n) is 9.40. The number of rotatable bonds is 11. The van der Waals surface area contributed by atoms with E-state index in [1.807, 2.05) is 6.08 Å². The van der Waals surface area contributed by atoms with E-state index < -0.39 is 0 Å². The van der Waals surface area contributed by atoms with Crippen molar-refractivity contribution in [1.29, 1.82) is 0 Å². The first-order valence-electron chi connectivity index (χ1n) is 15.2. The summed E-state index contributed by atoms with van der Waals surface area (Å²) in [6.45, 7) is 13.5. The summed E-state index contributed by atoms with van der Waals surface area (Å²) in [7, 11) is 0. The number of fused-ring (bicyclic) bond motifs is 5. The van der Waals surface area contributed by atoms with Crippen molar-refractivity contribution in [3.8, 4) is 0 Å². The van der Waals surface area contributed by atoms with Crippen molar-refractivity contribution < 1.29 is 12.4 Å². The third-order valence-electron chi connectivity index (χ3n) is 11.3. The maximum Gasteiger partial charge on any atom is 0.142 e. The summed E-state index contributed by atoms with van der Waals surface area (Å²) in [6, 6.07) is 0. The van der Waals surface area contributed by atoms with E-state index in [1.54, 1.807) is 11.6 Å². The lowest BCUT2D eigenvalue weighted by molar-refractivity contribution is -0.104. The molecule has 3 fully saturated rings. The molecule has 2 nitrogen and oxygen atoms in total. The zero-order valence-electron chi connectivity index (χ0n) is 23.6. The van der Waals surface area contributed by atoms with Crippen LogP contribution >= 0.6 is 0 Å². The maximum atomic E-state index is 10.4. The van der Waals surface area contributed by atoms with Gasteiger partial charge in [0.05, 0.1) is 6.10 Å². The van der Waals surface area contributed by atoms with E-state index in [4.69, 9.17) is 4.74 Å². The molecule has 202 valence electrons. The summed E-state index contributed by atoms with van der Waals surface area (Å²) in [4.78, 5) is 10.4. The number of ether oxygens (including phenoxy) is 1. The van der Waals surface area contributed by atoms with E-state index in [-0.39, 0.29) is 2.85 Å². The Morgan fingerprint density at radius 2 is 1.89 bits per heavy atom. The van der Waals surface area contributed by atoms with Gasteiger partial charge in [-0.15, -0.1) is 0 Å². The van der Waals surface area contributed by atoms with Gasteiger partial charge >= 0.3 is 0 Å². The number of allylic oxidation sites excluding steroid dienone is 3. The predicted octanol–water partition coefficient (Wildman–Crippen LogP) is 9.44. The summed E-state index contributed by atoms with van der Waals surface area (Å²) in [5.74, 6) is 5.44. The van der Waals surface area contributed by atoms with Crippen molar-refractivity contribution in [3.63, 3.8) is 0 Å². The molecule has 4 aliphatic carbocycles. The molecule has 0 N–H and O–H groups in total. The van der Waals surface area contributed by atoms with Gasteiger partial charge in [-0.2, -0.15) is 0 Å². The molecule has 35 heavy (non-hydrogen) atoms. The molecule has 3 saturated carbocycles. The minimum absolute atomic E-state index is 0. The molecule has 0 bridgehead atoms. The van der Waals surface area contributed by atoms with Gasteiger partial charge in [-0.3, -0.25) is 4.79 Å². The second-order valence-electron chi connectivity index (χ2n) is 13.7. The predicted molar refractivity (Wildman–Crippen MR) is 151 cm³/mol. The minimum atomic E-state index is 0. The van der Waals surface area contributed by atoms with Gasteiger partial charge in [-0.05, 0) is 117 Å². The van der Waals surface area contributed by atoms with Crippen molar-refractivity contribution in [2.45, 2.75) is 124 Å². The van der Waals surface area contributed by atoms with Crippen LogP contribution in [0.25, 0.3) is 0 Å². The molecular formula is C33H58O2. The summed E-state index contributed by atoms with van der Waals surface area (Å²) >= 11 is 0. The Morgan fingerprint density at radius 1 is 1.06 bits per heavy atom. The molecule has 0 amide bonds. The first kappa shape index (κ1) is 27.2. The fraction of sp³-hybridized carbons (Fsp3) is 0.848. The van der Waals surface area contributed by atoms with Crippen LogP contribution < -0.4 is 0 Å². The topological polar surface area (TPSA) is 26.3 Å². The van der Waals surface area contributed by atoms with Crippen LogP contribution in [0.4, 0.5) is 0 Å². The van der Waals surface area contributed by atoms with Crippen LogP contribution in [0.15, 0.2) is 23.8 Å². The zero-order chi connectivity index (χ0) is 25.1. The van der Waals surface area contributed by atoms with Crippen molar-refractivity contribution >= 4 is 6.29 Å². The Kier molecular flexibility index (Phi) is 9.05. The highest BCUT2D eigenvalue weighted by Gasteiger charge is 2.59. The molecule has 4 aliphatic rings. The van der Waals surface area contributed by atoms with Gasteiger partial charge in [0.25, 0.3) is 0 Å². The highest BCUT2D eigenvalue weighted by Crippen LogP contribution is 2.67. The molecule has 0 aromatic rings. The monoisotopic (exact) mass is 486 g/mol. The average molecular weight is 487 g/mol. The van der Waals surface area contributed by atoms with E-state index in [1.165, 1.54) is 64.2 Å². The lowest BCUT2D eigenvalue weighted by Crippen LogP contribution is -2.51. The van der Waals surface area contributed by atoms with Gasteiger partial charge in [0.1, 0.15) is 6.29 Å². The normalized spacial score (nSPS) is 39.7. The number of hydrogen-bond acceptors (Lipinski definition) is 2. The van der Waals surface area contributed by atoms with E-state index in [9.17, 15) is 4.79 Å². The maximum absolute atomic E-state index is 10.4. The summed E-state index contributed by atoms with van der Waals surface area (Å²) in [6.07, 6.45) is 24.6. The molecule has 2 heteroatoms. The molecule has 0 aliphatic heterocycles. The third-order valence-corrected chi connectivity index (χ3v) is 11.3. The molecule has 8 atom stereocenters. The van der Waals surface area contributed by atoms with Crippen molar-refractivity contribution in [3.05, 3.63) is 23.8 Å². The fourth-order valence-corrected chi connectivity index (χ4v) is 9.40. The van der Waals surface area contributed by atoms with Crippen LogP contribution in [0.5, 0.6) is 0 Å². The van der Waals surface area contributed by atoms with E-state index in [0.29, 0.717) is 16.9 Å². The number of carbonyl (C=O) groups excluding carboxylic acids is 1. The Bertz CT molecular complexity index is 776. The Labute approximate surface area is 219 Å². The molecule has 0 spiro atoms. The second kappa shape index (κ2) is 11.7. The molecule has 4 rings (SSSR count). The van der Waals surface area contributed by atoms with Crippen molar-refractivity contribution in [2.24, 2.45) is 46.3 Å². The smallest absolute Gasteiger partial charge is 0.142 e. The van der Waals surface area contributed by atoms with E-state index >= 15 is 0 Å². The molecule has 0 saturated heterocycles. The first-order chi connectivity index (χ1) is 16.8. The van der Waals surface area contributed by atoms with Gasteiger partial charge in [0.15, 0.2) is 0 Å². The highest BCUT2D eigenvalue weighted by molar-refractivity contribution is 5.64. The first-order valence-corrected chi connectivity index (χ1v) is 15.2. The Balaban J connectivity index is 0.00000241. The summed E-state index contributed by atoms with van der Waals surface area (Å²) < 4.78 is 6.30. The van der Waals surface area contributed by atoms with Crippen LogP contribution in [0.1, 0.15) is 121 Å². The van der Waals surface area contributed by atoms with Gasteiger partial charge in [0.2, 0.25) is 0 Å². The van der Waals surface area contributed by atoms with Crippen molar-refractivity contribution in [1.82, 2.24) is 0 Å². The van der Waals surface area contributed by atoms with Crippen LogP contribution in [0.3, 0.4) is 0 Å². The molecule has 3 unspecified atom stereocenters. The highest BCUT2D eigenvalue weighted by atomic mass is 16.5. The SMILES string of the molecule is CC(C)CCC[C@@H](C)[C@H]1CCC2C3CC=C4C[C@@H](OCCC/C=C/C=O)CC[C@]4(C)C3CC[C@@]21C.[HH].[HH]. The van der Waals surface area contributed by atoms with Crippen LogP contribution in [-0.4, -0.2) is 19.0 Å². The van der Waals surface area contributed by atoms with Crippen LogP contribution in [-0.2, 0) is 9.53 Å². The number of aldehydes is 1. The molecule has 0 aromatic carbocycles. The molecule has 0 heterocycles. The lowest BCUT2D eigenvalue weighted by atomic mass is 9.47. The Hall–Kier alpha value is -0.890. The summed E-state index contributed by atoms with van der Waals surface area (Å²) in [5.41, 5.74) is 2.73. The summed E-state index contributed by atoms with van der Waals surface area (Å²) in [5, 5.41) is 0. The second-order valence-corrected chi connectivity index (χ2v) is 13.7. The minimum Gasteiger partial charge on any atom is -0.378 e. The van der Waals surface area contributed by atoms with Gasteiger partial charge in [-0.1, -0.05) is 71.6 Å². The number of carbonyl (C=O) groups is 1. The molecule has 0 aromatic heterocycles. The number of hydrogen-bond donors (Lipinski definition) is 0. The quantitative estimate of drug-likeness (QED) is 0.126. The van der Waals surface area contributed by atoms with Crippen molar-refractivity contribution in [2.75, 3.05) is 6.61 Å². The largest absolute Gasteiger partial charge is 0.378 e.